The third-order valence-corrected chi connectivity index (χ3v) is 5.24. The third-order valence-electron chi connectivity index (χ3n) is 5.24. The van der Waals surface area contributed by atoms with E-state index in [9.17, 15) is 9.59 Å². The van der Waals surface area contributed by atoms with Crippen LogP contribution in [0.3, 0.4) is 0 Å². The van der Waals surface area contributed by atoms with Gasteiger partial charge < -0.3 is 14.4 Å². The van der Waals surface area contributed by atoms with Crippen molar-refractivity contribution >= 4 is 16.8 Å². The van der Waals surface area contributed by atoms with Crippen molar-refractivity contribution in [1.29, 1.82) is 0 Å². The number of carbonyl (C=O) groups is 1. The average molecular weight is 394 g/mol. The molecule has 2 aromatic carbocycles. The Morgan fingerprint density at radius 1 is 1.10 bits per heavy atom. The highest BCUT2D eigenvalue weighted by molar-refractivity contribution is 5.77. The van der Waals surface area contributed by atoms with Crippen LogP contribution in [0.15, 0.2) is 41.2 Å². The molecule has 0 radical (unpaired) electrons. The molecule has 1 aromatic heterocycles. The minimum atomic E-state index is -0.232. The monoisotopic (exact) mass is 394 g/mol. The van der Waals surface area contributed by atoms with E-state index in [1.165, 1.54) is 4.68 Å². The van der Waals surface area contributed by atoms with E-state index in [0.717, 1.165) is 17.5 Å². The van der Waals surface area contributed by atoms with Gasteiger partial charge in [0.05, 0.1) is 26.2 Å². The second-order valence-corrected chi connectivity index (χ2v) is 6.93. The summed E-state index contributed by atoms with van der Waals surface area (Å²) in [5.41, 5.74) is 2.52. The van der Waals surface area contributed by atoms with Crippen LogP contribution in [-0.4, -0.2) is 46.6 Å². The van der Waals surface area contributed by atoms with Gasteiger partial charge in [-0.2, -0.15) is 0 Å². The number of carbonyl (C=O) groups excluding carboxylic acids is 1. The molecule has 0 unspecified atom stereocenters. The van der Waals surface area contributed by atoms with Crippen LogP contribution in [0.25, 0.3) is 10.9 Å². The maximum absolute atomic E-state index is 12.7. The fraction of sp³-hybridized carbons (Fsp3) is 0.333. The SMILES string of the molecule is COc1cc2c(cc1OC)CN(C(=O)CCn1nnc3ccccc3c1=O)CC2. The summed E-state index contributed by atoms with van der Waals surface area (Å²) in [5.74, 6) is 1.33. The molecule has 1 aliphatic rings. The molecule has 0 spiro atoms. The molecule has 2 heterocycles. The Labute approximate surface area is 167 Å². The van der Waals surface area contributed by atoms with Crippen molar-refractivity contribution in [3.05, 3.63) is 57.9 Å². The van der Waals surface area contributed by atoms with E-state index < -0.39 is 0 Å². The Bertz CT molecular complexity index is 1130. The number of fused-ring (bicyclic) bond motifs is 2. The van der Waals surface area contributed by atoms with Crippen molar-refractivity contribution in [2.24, 2.45) is 0 Å². The number of hydrogen-bond acceptors (Lipinski definition) is 6. The molecule has 0 aliphatic carbocycles. The number of rotatable bonds is 5. The summed E-state index contributed by atoms with van der Waals surface area (Å²) in [5, 5.41) is 8.52. The quantitative estimate of drug-likeness (QED) is 0.656. The van der Waals surface area contributed by atoms with Crippen LogP contribution in [0.1, 0.15) is 17.5 Å². The maximum Gasteiger partial charge on any atom is 0.277 e. The molecule has 150 valence electrons. The molecule has 1 amide bonds. The van der Waals surface area contributed by atoms with Gasteiger partial charge in [0.2, 0.25) is 5.91 Å². The number of hydrogen-bond donors (Lipinski definition) is 0. The van der Waals surface area contributed by atoms with Crippen LogP contribution in [0.2, 0.25) is 0 Å². The van der Waals surface area contributed by atoms with Crippen molar-refractivity contribution in [2.75, 3.05) is 20.8 Å². The second kappa shape index (κ2) is 7.90. The summed E-state index contributed by atoms with van der Waals surface area (Å²) in [6, 6.07) is 11.0. The molecule has 0 saturated carbocycles. The summed E-state index contributed by atoms with van der Waals surface area (Å²) in [6.07, 6.45) is 0.937. The molecular weight excluding hydrogens is 372 g/mol. The Morgan fingerprint density at radius 3 is 2.59 bits per heavy atom. The molecule has 1 aliphatic heterocycles. The number of benzene rings is 2. The Kier molecular flexibility index (Phi) is 5.16. The van der Waals surface area contributed by atoms with Gasteiger partial charge in [-0.3, -0.25) is 9.59 Å². The molecule has 8 heteroatoms. The van der Waals surface area contributed by atoms with Gasteiger partial charge in [-0.15, -0.1) is 5.10 Å². The smallest absolute Gasteiger partial charge is 0.277 e. The third kappa shape index (κ3) is 3.65. The van der Waals surface area contributed by atoms with Crippen LogP contribution in [-0.2, 0) is 24.3 Å². The fourth-order valence-electron chi connectivity index (χ4n) is 3.63. The van der Waals surface area contributed by atoms with E-state index in [1.54, 1.807) is 37.3 Å². The van der Waals surface area contributed by atoms with Crippen molar-refractivity contribution in [3.8, 4) is 11.5 Å². The lowest BCUT2D eigenvalue weighted by molar-refractivity contribution is -0.132. The Balaban J connectivity index is 1.46. The Morgan fingerprint density at radius 2 is 1.83 bits per heavy atom. The average Bonchev–Trinajstić information content (AvgIpc) is 2.77. The molecule has 0 N–H and O–H groups in total. The lowest BCUT2D eigenvalue weighted by atomic mass is 9.98. The minimum Gasteiger partial charge on any atom is -0.493 e. The Hall–Kier alpha value is -3.42. The highest BCUT2D eigenvalue weighted by atomic mass is 16.5. The van der Waals surface area contributed by atoms with Gasteiger partial charge >= 0.3 is 0 Å². The molecule has 29 heavy (non-hydrogen) atoms. The first kappa shape index (κ1) is 18.9. The predicted octanol–water partition coefficient (Wildman–Crippen LogP) is 1.78. The van der Waals surface area contributed by atoms with E-state index in [1.807, 2.05) is 18.2 Å². The first-order chi connectivity index (χ1) is 14.1. The number of nitrogens with zero attached hydrogens (tertiary/aromatic N) is 4. The van der Waals surface area contributed by atoms with Crippen molar-refractivity contribution in [1.82, 2.24) is 19.9 Å². The number of ether oxygens (including phenoxy) is 2. The lowest BCUT2D eigenvalue weighted by Crippen LogP contribution is -2.37. The molecule has 0 bridgehead atoms. The highest BCUT2D eigenvalue weighted by Gasteiger charge is 2.23. The van der Waals surface area contributed by atoms with E-state index in [4.69, 9.17) is 9.47 Å². The zero-order valence-corrected chi connectivity index (χ0v) is 16.4. The van der Waals surface area contributed by atoms with E-state index in [0.29, 0.717) is 35.5 Å². The first-order valence-corrected chi connectivity index (χ1v) is 9.45. The second-order valence-electron chi connectivity index (χ2n) is 6.93. The number of aryl methyl sites for hydroxylation is 1. The van der Waals surface area contributed by atoms with Gasteiger partial charge in [0.15, 0.2) is 11.5 Å². The van der Waals surface area contributed by atoms with Gasteiger partial charge in [0.25, 0.3) is 5.56 Å². The van der Waals surface area contributed by atoms with E-state index in [2.05, 4.69) is 10.3 Å². The fourth-order valence-corrected chi connectivity index (χ4v) is 3.63. The van der Waals surface area contributed by atoms with Gasteiger partial charge in [-0.25, -0.2) is 4.68 Å². The molecule has 8 nitrogen and oxygen atoms in total. The van der Waals surface area contributed by atoms with Crippen molar-refractivity contribution in [3.63, 3.8) is 0 Å². The topological polar surface area (TPSA) is 86.6 Å². The predicted molar refractivity (Wildman–Crippen MR) is 107 cm³/mol. The largest absolute Gasteiger partial charge is 0.493 e. The standard InChI is InChI=1S/C21H22N4O4/c1-28-18-11-14-7-9-24(13-15(14)12-19(18)29-2)20(26)8-10-25-21(27)16-5-3-4-6-17(16)22-23-25/h3-6,11-12H,7-10,13H2,1-2H3. The van der Waals surface area contributed by atoms with Crippen LogP contribution < -0.4 is 15.0 Å². The molecule has 3 aromatic rings. The van der Waals surface area contributed by atoms with Crippen LogP contribution in [0, 0.1) is 0 Å². The summed E-state index contributed by atoms with van der Waals surface area (Å²) >= 11 is 0. The van der Waals surface area contributed by atoms with E-state index in [-0.39, 0.29) is 24.4 Å². The number of methoxy groups -OCH3 is 2. The molecule has 0 fully saturated rings. The summed E-state index contributed by atoms with van der Waals surface area (Å²) in [4.78, 5) is 27.1. The minimum absolute atomic E-state index is 0.0210. The molecule has 0 atom stereocenters. The van der Waals surface area contributed by atoms with Gasteiger partial charge in [-0.1, -0.05) is 17.3 Å². The van der Waals surface area contributed by atoms with Gasteiger partial charge in [-0.05, 0) is 41.8 Å². The highest BCUT2D eigenvalue weighted by Crippen LogP contribution is 2.33. The zero-order valence-electron chi connectivity index (χ0n) is 16.4. The van der Waals surface area contributed by atoms with Gasteiger partial charge in [0.1, 0.15) is 5.52 Å². The molecule has 0 saturated heterocycles. The van der Waals surface area contributed by atoms with Crippen LogP contribution in [0.5, 0.6) is 11.5 Å². The van der Waals surface area contributed by atoms with Crippen LogP contribution in [0.4, 0.5) is 0 Å². The normalized spacial score (nSPS) is 13.2. The summed E-state index contributed by atoms with van der Waals surface area (Å²) in [7, 11) is 3.21. The maximum atomic E-state index is 12.7. The molecule has 4 rings (SSSR count). The summed E-state index contributed by atoms with van der Waals surface area (Å²) < 4.78 is 12.0. The number of amides is 1. The van der Waals surface area contributed by atoms with Crippen molar-refractivity contribution < 1.29 is 14.3 Å². The molecular formula is C21H22N4O4. The van der Waals surface area contributed by atoms with Gasteiger partial charge in [0, 0.05) is 19.5 Å². The van der Waals surface area contributed by atoms with Crippen molar-refractivity contribution in [2.45, 2.75) is 25.9 Å². The number of aromatic nitrogens is 3. The lowest BCUT2D eigenvalue weighted by Gasteiger charge is -2.29. The van der Waals surface area contributed by atoms with E-state index >= 15 is 0 Å². The summed E-state index contributed by atoms with van der Waals surface area (Å²) in [6.45, 7) is 1.33. The zero-order chi connectivity index (χ0) is 20.4. The first-order valence-electron chi connectivity index (χ1n) is 9.45. The van der Waals surface area contributed by atoms with Crippen LogP contribution >= 0.6 is 0 Å².